The van der Waals surface area contributed by atoms with Crippen molar-refractivity contribution in [2.75, 3.05) is 0 Å². The van der Waals surface area contributed by atoms with Gasteiger partial charge in [0.15, 0.2) is 5.78 Å². The van der Waals surface area contributed by atoms with Crippen LogP contribution in [-0.2, 0) is 20.8 Å². The number of nitrogens with one attached hydrogen (secondary N) is 1. The van der Waals surface area contributed by atoms with Gasteiger partial charge in [-0.2, -0.15) is 12.6 Å². The zero-order chi connectivity index (χ0) is 24.0. The molecular formula is C27H33NO4S. The van der Waals surface area contributed by atoms with E-state index < -0.39 is 28.6 Å². The summed E-state index contributed by atoms with van der Waals surface area (Å²) in [5.74, 6) is -1.71. The third-order valence-corrected chi connectivity index (χ3v) is 7.66. The number of carboxylic acid groups (broad SMARTS) is 1. The summed E-state index contributed by atoms with van der Waals surface area (Å²) in [6.07, 6.45) is 3.38. The fourth-order valence-electron chi connectivity index (χ4n) is 4.52. The zero-order valence-corrected chi connectivity index (χ0v) is 20.2. The average Bonchev–Trinajstić information content (AvgIpc) is 3.34. The van der Waals surface area contributed by atoms with Crippen molar-refractivity contribution in [2.45, 2.75) is 63.7 Å². The van der Waals surface area contributed by atoms with Crippen molar-refractivity contribution in [1.82, 2.24) is 5.32 Å². The van der Waals surface area contributed by atoms with E-state index in [1.54, 1.807) is 0 Å². The molecule has 1 aliphatic carbocycles. The minimum Gasteiger partial charge on any atom is -0.480 e. The lowest BCUT2D eigenvalue weighted by Gasteiger charge is -2.31. The highest BCUT2D eigenvalue weighted by molar-refractivity contribution is 7.81. The van der Waals surface area contributed by atoms with Crippen molar-refractivity contribution >= 4 is 30.3 Å². The Morgan fingerprint density at radius 1 is 1.00 bits per heavy atom. The third-order valence-electron chi connectivity index (χ3n) is 6.92. The molecule has 0 aliphatic heterocycles. The molecule has 0 heterocycles. The molecule has 3 rings (SSSR count). The Balaban J connectivity index is 1.75. The second-order valence-electron chi connectivity index (χ2n) is 9.12. The maximum absolute atomic E-state index is 13.3. The predicted molar refractivity (Wildman–Crippen MR) is 133 cm³/mol. The first kappa shape index (κ1) is 25.0. The number of carbonyl (C=O) groups excluding carboxylic acids is 2. The number of hydrogen-bond acceptors (Lipinski definition) is 4. The molecule has 1 aliphatic rings. The van der Waals surface area contributed by atoms with E-state index in [2.05, 4.69) is 17.9 Å². The second-order valence-corrected chi connectivity index (χ2v) is 9.67. The smallest absolute Gasteiger partial charge is 0.326 e. The van der Waals surface area contributed by atoms with Gasteiger partial charge in [0.05, 0.1) is 5.25 Å². The van der Waals surface area contributed by atoms with Crippen LogP contribution in [0.4, 0.5) is 0 Å². The number of hydrogen-bond donors (Lipinski definition) is 3. The number of amides is 1. The highest BCUT2D eigenvalue weighted by Crippen LogP contribution is 2.42. The van der Waals surface area contributed by atoms with Crippen LogP contribution in [0, 0.1) is 11.3 Å². The number of thiol groups is 1. The summed E-state index contributed by atoms with van der Waals surface area (Å²) in [6.45, 7) is 3.95. The van der Waals surface area contributed by atoms with E-state index >= 15 is 0 Å². The van der Waals surface area contributed by atoms with E-state index in [9.17, 15) is 19.5 Å². The molecule has 0 unspecified atom stereocenters. The maximum Gasteiger partial charge on any atom is 0.326 e. The highest BCUT2D eigenvalue weighted by atomic mass is 32.1. The van der Waals surface area contributed by atoms with Gasteiger partial charge in [-0.05, 0) is 35.4 Å². The number of ketones is 1. The van der Waals surface area contributed by atoms with Gasteiger partial charge in [0.2, 0.25) is 5.91 Å². The Labute approximate surface area is 201 Å². The molecule has 33 heavy (non-hydrogen) atoms. The lowest BCUT2D eigenvalue weighted by molar-refractivity contribution is -0.147. The first-order valence-electron chi connectivity index (χ1n) is 11.7. The Morgan fingerprint density at radius 3 is 2.12 bits per heavy atom. The van der Waals surface area contributed by atoms with Gasteiger partial charge < -0.3 is 10.4 Å². The lowest BCUT2D eigenvalue weighted by Crippen LogP contribution is -2.53. The maximum atomic E-state index is 13.3. The molecule has 1 saturated carbocycles. The SMILES string of the molecule is CC[C@@H](C)[C@H](S)C(=O)C1(C(=O)N[C@@H](Cc2ccc(-c3ccccc3)cc2)C(=O)O)CCCC1. The van der Waals surface area contributed by atoms with Gasteiger partial charge in [0.25, 0.3) is 0 Å². The predicted octanol–water partition coefficient (Wildman–Crippen LogP) is 4.94. The number of rotatable bonds is 10. The quantitative estimate of drug-likeness (QED) is 0.341. The summed E-state index contributed by atoms with van der Waals surface area (Å²) in [5, 5.41) is 12.0. The van der Waals surface area contributed by atoms with Crippen LogP contribution in [0.25, 0.3) is 11.1 Å². The van der Waals surface area contributed by atoms with E-state index in [4.69, 9.17) is 0 Å². The molecule has 2 aromatic rings. The first-order chi connectivity index (χ1) is 15.8. The number of aliphatic carboxylic acids is 1. The fraction of sp³-hybridized carbons (Fsp3) is 0.444. The van der Waals surface area contributed by atoms with Crippen molar-refractivity contribution in [3.8, 4) is 11.1 Å². The number of Topliss-reactive ketones (excluding diaryl/α,β-unsaturated/α-hetero) is 1. The van der Waals surface area contributed by atoms with E-state index in [0.717, 1.165) is 36.0 Å². The molecule has 1 fully saturated rings. The van der Waals surface area contributed by atoms with Gasteiger partial charge in [-0.3, -0.25) is 9.59 Å². The third kappa shape index (κ3) is 5.67. The molecule has 176 valence electrons. The minimum atomic E-state index is -1.18. The first-order valence-corrected chi connectivity index (χ1v) is 12.2. The van der Waals surface area contributed by atoms with Crippen molar-refractivity contribution in [1.29, 1.82) is 0 Å². The molecule has 6 heteroatoms. The van der Waals surface area contributed by atoms with Gasteiger partial charge in [-0.1, -0.05) is 87.7 Å². The van der Waals surface area contributed by atoms with E-state index in [1.807, 2.05) is 68.4 Å². The molecule has 2 aromatic carbocycles. The Hall–Kier alpha value is -2.60. The molecule has 1 amide bonds. The fourth-order valence-corrected chi connectivity index (χ4v) is 4.98. The Kier molecular flexibility index (Phi) is 8.35. The number of carboxylic acids is 1. The van der Waals surface area contributed by atoms with E-state index in [1.165, 1.54) is 0 Å². The number of benzene rings is 2. The topological polar surface area (TPSA) is 83.5 Å². The normalized spacial score (nSPS) is 17.7. The molecular weight excluding hydrogens is 434 g/mol. The standard InChI is InChI=1S/C27H33NO4S/c1-3-18(2)23(33)24(29)27(15-7-8-16-27)26(32)28-22(25(30)31)17-19-11-13-21(14-12-19)20-9-5-4-6-10-20/h4-6,9-14,18,22-23,33H,3,7-8,15-17H2,1-2H3,(H,28,32)(H,30,31)/t18-,22+,23+/m1/s1. The second kappa shape index (κ2) is 11.0. The van der Waals surface area contributed by atoms with Crippen LogP contribution in [0.15, 0.2) is 54.6 Å². The van der Waals surface area contributed by atoms with Gasteiger partial charge in [-0.15, -0.1) is 0 Å². The van der Waals surface area contributed by atoms with Gasteiger partial charge in [0, 0.05) is 6.42 Å². The van der Waals surface area contributed by atoms with Crippen molar-refractivity contribution in [3.63, 3.8) is 0 Å². The van der Waals surface area contributed by atoms with Crippen LogP contribution < -0.4 is 5.32 Å². The van der Waals surface area contributed by atoms with Crippen LogP contribution in [-0.4, -0.2) is 34.1 Å². The molecule has 0 spiro atoms. The van der Waals surface area contributed by atoms with E-state index in [-0.39, 0.29) is 18.1 Å². The largest absolute Gasteiger partial charge is 0.480 e. The molecule has 0 radical (unpaired) electrons. The van der Waals surface area contributed by atoms with Crippen molar-refractivity contribution < 1.29 is 19.5 Å². The molecule has 0 bridgehead atoms. The Morgan fingerprint density at radius 2 is 1.58 bits per heavy atom. The average molecular weight is 468 g/mol. The summed E-state index contributed by atoms with van der Waals surface area (Å²) in [5.41, 5.74) is 1.74. The van der Waals surface area contributed by atoms with Crippen LogP contribution in [0.3, 0.4) is 0 Å². The molecule has 0 saturated heterocycles. The molecule has 0 aromatic heterocycles. The summed E-state index contributed by atoms with van der Waals surface area (Å²) in [7, 11) is 0. The zero-order valence-electron chi connectivity index (χ0n) is 19.3. The number of carbonyl (C=O) groups is 3. The molecule has 5 nitrogen and oxygen atoms in total. The summed E-state index contributed by atoms with van der Waals surface area (Å²) in [6, 6.07) is 16.5. The molecule has 3 atom stereocenters. The van der Waals surface area contributed by atoms with Crippen LogP contribution in [0.1, 0.15) is 51.5 Å². The van der Waals surface area contributed by atoms with Gasteiger partial charge in [-0.25, -0.2) is 4.79 Å². The summed E-state index contributed by atoms with van der Waals surface area (Å²) < 4.78 is 0. The van der Waals surface area contributed by atoms with Crippen LogP contribution in [0.5, 0.6) is 0 Å². The van der Waals surface area contributed by atoms with Crippen LogP contribution in [0.2, 0.25) is 0 Å². The summed E-state index contributed by atoms with van der Waals surface area (Å²) >= 11 is 4.53. The lowest BCUT2D eigenvalue weighted by atomic mass is 9.76. The summed E-state index contributed by atoms with van der Waals surface area (Å²) in [4.78, 5) is 38.6. The van der Waals surface area contributed by atoms with Crippen molar-refractivity contribution in [2.24, 2.45) is 11.3 Å². The molecule has 2 N–H and O–H groups in total. The van der Waals surface area contributed by atoms with E-state index in [0.29, 0.717) is 12.8 Å². The minimum absolute atomic E-state index is 0.0458. The van der Waals surface area contributed by atoms with Crippen LogP contribution >= 0.6 is 12.6 Å². The van der Waals surface area contributed by atoms with Gasteiger partial charge >= 0.3 is 5.97 Å². The van der Waals surface area contributed by atoms with Gasteiger partial charge in [0.1, 0.15) is 11.5 Å². The Bertz CT molecular complexity index is 967. The van der Waals surface area contributed by atoms with Crippen molar-refractivity contribution in [3.05, 3.63) is 60.2 Å². The monoisotopic (exact) mass is 467 g/mol. The highest BCUT2D eigenvalue weighted by Gasteiger charge is 2.50.